The number of carbonyl (C=O) groups excluding carboxylic acids is 1. The van der Waals surface area contributed by atoms with Crippen LogP contribution in [0.3, 0.4) is 0 Å². The van der Waals surface area contributed by atoms with Gasteiger partial charge in [0.05, 0.1) is 10.5 Å². The van der Waals surface area contributed by atoms with Crippen LogP contribution in [0.2, 0.25) is 0 Å². The standard InChI is InChI=1S/C18H18FNO3S/c1-24(22,23)17-9-5-3-7-15(17)18(21)20(14-10-11-14)12-13-6-2-4-8-16(13)19/h2-9,14H,10-12H2,1H3. The lowest BCUT2D eigenvalue weighted by Gasteiger charge is -2.24. The van der Waals surface area contributed by atoms with Crippen molar-refractivity contribution in [2.45, 2.75) is 30.3 Å². The van der Waals surface area contributed by atoms with E-state index in [0.717, 1.165) is 19.1 Å². The second kappa shape index (κ2) is 6.36. The zero-order valence-electron chi connectivity index (χ0n) is 13.3. The third kappa shape index (κ3) is 3.48. The fourth-order valence-corrected chi connectivity index (χ4v) is 3.57. The van der Waals surface area contributed by atoms with Gasteiger partial charge in [-0.3, -0.25) is 4.79 Å². The first kappa shape index (κ1) is 16.6. The number of benzene rings is 2. The maximum atomic E-state index is 13.9. The minimum atomic E-state index is -3.52. The second-order valence-corrected chi connectivity index (χ2v) is 8.01. The monoisotopic (exact) mass is 347 g/mol. The molecule has 24 heavy (non-hydrogen) atoms. The van der Waals surface area contributed by atoms with Crippen LogP contribution in [0.4, 0.5) is 4.39 Å². The highest BCUT2D eigenvalue weighted by atomic mass is 32.2. The highest BCUT2D eigenvalue weighted by Gasteiger charge is 2.35. The molecule has 126 valence electrons. The number of nitrogens with zero attached hydrogens (tertiary/aromatic N) is 1. The first-order chi connectivity index (χ1) is 11.4. The maximum absolute atomic E-state index is 13.9. The quantitative estimate of drug-likeness (QED) is 0.835. The summed E-state index contributed by atoms with van der Waals surface area (Å²) in [4.78, 5) is 14.5. The smallest absolute Gasteiger partial charge is 0.255 e. The van der Waals surface area contributed by atoms with E-state index in [-0.39, 0.29) is 34.8 Å². The summed E-state index contributed by atoms with van der Waals surface area (Å²) < 4.78 is 37.8. The summed E-state index contributed by atoms with van der Waals surface area (Å²) in [7, 11) is -3.52. The second-order valence-electron chi connectivity index (χ2n) is 6.02. The summed E-state index contributed by atoms with van der Waals surface area (Å²) >= 11 is 0. The molecule has 0 N–H and O–H groups in total. The number of halogens is 1. The molecule has 1 amide bonds. The third-order valence-corrected chi connectivity index (χ3v) is 5.22. The Hall–Kier alpha value is -2.21. The summed E-state index contributed by atoms with van der Waals surface area (Å²) in [6, 6.07) is 12.5. The van der Waals surface area contributed by atoms with Crippen LogP contribution in [0, 0.1) is 5.82 Å². The summed E-state index contributed by atoms with van der Waals surface area (Å²) in [5.74, 6) is -0.742. The number of sulfone groups is 1. The fourth-order valence-electron chi connectivity index (χ4n) is 2.68. The summed E-state index contributed by atoms with van der Waals surface area (Å²) in [5, 5.41) is 0. The molecular formula is C18H18FNO3S. The van der Waals surface area contributed by atoms with Crippen molar-refractivity contribution in [1.82, 2.24) is 4.90 Å². The van der Waals surface area contributed by atoms with Gasteiger partial charge >= 0.3 is 0 Å². The average Bonchev–Trinajstić information content (AvgIpc) is 3.37. The average molecular weight is 347 g/mol. The Bertz CT molecular complexity index is 875. The predicted molar refractivity (Wildman–Crippen MR) is 88.8 cm³/mol. The van der Waals surface area contributed by atoms with Crippen LogP contribution in [0.5, 0.6) is 0 Å². The minimum absolute atomic E-state index is 0.00850. The van der Waals surface area contributed by atoms with E-state index in [0.29, 0.717) is 5.56 Å². The van der Waals surface area contributed by atoms with Gasteiger partial charge in [0.1, 0.15) is 5.82 Å². The van der Waals surface area contributed by atoms with Gasteiger partial charge in [0.2, 0.25) is 0 Å². The molecule has 0 heterocycles. The molecule has 1 aliphatic rings. The Labute approximate surface area is 140 Å². The van der Waals surface area contributed by atoms with Gasteiger partial charge in [0.25, 0.3) is 5.91 Å². The van der Waals surface area contributed by atoms with Crippen LogP contribution < -0.4 is 0 Å². The van der Waals surface area contributed by atoms with Crippen LogP contribution in [-0.4, -0.2) is 31.5 Å². The van der Waals surface area contributed by atoms with Crippen molar-refractivity contribution in [2.24, 2.45) is 0 Å². The van der Waals surface area contributed by atoms with Crippen molar-refractivity contribution in [1.29, 1.82) is 0 Å². The molecule has 0 bridgehead atoms. The predicted octanol–water partition coefficient (Wildman–Crippen LogP) is 3.03. The van der Waals surface area contributed by atoms with Gasteiger partial charge in [-0.2, -0.15) is 0 Å². The molecule has 4 nitrogen and oxygen atoms in total. The van der Waals surface area contributed by atoms with Gasteiger partial charge in [-0.15, -0.1) is 0 Å². The van der Waals surface area contributed by atoms with Crippen LogP contribution in [0.25, 0.3) is 0 Å². The van der Waals surface area contributed by atoms with Crippen molar-refractivity contribution >= 4 is 15.7 Å². The van der Waals surface area contributed by atoms with Crippen LogP contribution in [0.15, 0.2) is 53.4 Å². The van der Waals surface area contributed by atoms with E-state index in [1.807, 2.05) is 0 Å². The first-order valence-corrected chi connectivity index (χ1v) is 9.60. The molecule has 3 rings (SSSR count). The van der Waals surface area contributed by atoms with Crippen LogP contribution in [0.1, 0.15) is 28.8 Å². The van der Waals surface area contributed by atoms with Crippen molar-refractivity contribution in [3.8, 4) is 0 Å². The Morgan fingerprint density at radius 1 is 1.12 bits per heavy atom. The number of hydrogen-bond donors (Lipinski definition) is 0. The lowest BCUT2D eigenvalue weighted by Crippen LogP contribution is -2.33. The molecule has 0 radical (unpaired) electrons. The normalized spacial score (nSPS) is 14.4. The number of amides is 1. The molecular weight excluding hydrogens is 329 g/mol. The SMILES string of the molecule is CS(=O)(=O)c1ccccc1C(=O)N(Cc1ccccc1F)C1CC1. The Morgan fingerprint density at radius 3 is 2.38 bits per heavy atom. The van der Waals surface area contributed by atoms with E-state index in [1.165, 1.54) is 18.2 Å². The van der Waals surface area contributed by atoms with Gasteiger partial charge < -0.3 is 4.90 Å². The molecule has 0 atom stereocenters. The van der Waals surface area contributed by atoms with Gasteiger partial charge in [0, 0.05) is 24.4 Å². The molecule has 6 heteroatoms. The van der Waals surface area contributed by atoms with E-state index in [1.54, 1.807) is 35.2 Å². The molecule has 0 aliphatic heterocycles. The fraction of sp³-hybridized carbons (Fsp3) is 0.278. The van der Waals surface area contributed by atoms with Crippen molar-refractivity contribution in [2.75, 3.05) is 6.26 Å². The molecule has 0 spiro atoms. The molecule has 0 unspecified atom stereocenters. The Balaban J connectivity index is 1.96. The highest BCUT2D eigenvalue weighted by molar-refractivity contribution is 7.90. The number of rotatable bonds is 5. The zero-order valence-corrected chi connectivity index (χ0v) is 14.1. The highest BCUT2D eigenvalue weighted by Crippen LogP contribution is 2.31. The molecule has 2 aromatic carbocycles. The minimum Gasteiger partial charge on any atom is -0.331 e. The summed E-state index contributed by atoms with van der Waals surface area (Å²) in [6.45, 7) is 0.133. The lowest BCUT2D eigenvalue weighted by atomic mass is 10.1. The van der Waals surface area contributed by atoms with Crippen LogP contribution in [-0.2, 0) is 16.4 Å². The molecule has 1 fully saturated rings. The molecule has 2 aromatic rings. The molecule has 1 saturated carbocycles. The lowest BCUT2D eigenvalue weighted by molar-refractivity contribution is 0.0724. The number of carbonyl (C=O) groups is 1. The third-order valence-electron chi connectivity index (χ3n) is 4.06. The first-order valence-electron chi connectivity index (χ1n) is 7.71. The number of hydrogen-bond acceptors (Lipinski definition) is 3. The zero-order chi connectivity index (χ0) is 17.3. The maximum Gasteiger partial charge on any atom is 0.255 e. The van der Waals surface area contributed by atoms with Gasteiger partial charge in [-0.05, 0) is 31.0 Å². The Morgan fingerprint density at radius 2 is 1.75 bits per heavy atom. The largest absolute Gasteiger partial charge is 0.331 e. The van der Waals surface area contributed by atoms with Crippen LogP contribution >= 0.6 is 0 Å². The van der Waals surface area contributed by atoms with E-state index in [2.05, 4.69) is 0 Å². The van der Waals surface area contributed by atoms with E-state index in [4.69, 9.17) is 0 Å². The molecule has 0 saturated heterocycles. The van der Waals surface area contributed by atoms with Crippen molar-refractivity contribution in [3.63, 3.8) is 0 Å². The van der Waals surface area contributed by atoms with E-state index in [9.17, 15) is 17.6 Å². The van der Waals surface area contributed by atoms with E-state index < -0.39 is 9.84 Å². The van der Waals surface area contributed by atoms with E-state index >= 15 is 0 Å². The summed E-state index contributed by atoms with van der Waals surface area (Å²) in [6.07, 6.45) is 2.78. The Kier molecular flexibility index (Phi) is 4.41. The van der Waals surface area contributed by atoms with Crippen molar-refractivity contribution < 1.29 is 17.6 Å². The van der Waals surface area contributed by atoms with Gasteiger partial charge in [0.15, 0.2) is 9.84 Å². The van der Waals surface area contributed by atoms with Crippen molar-refractivity contribution in [3.05, 3.63) is 65.5 Å². The summed E-state index contributed by atoms with van der Waals surface area (Å²) in [5.41, 5.74) is 0.567. The van der Waals surface area contributed by atoms with Gasteiger partial charge in [-0.1, -0.05) is 30.3 Å². The van der Waals surface area contributed by atoms with Gasteiger partial charge in [-0.25, -0.2) is 12.8 Å². The topological polar surface area (TPSA) is 54.5 Å². The molecule has 0 aromatic heterocycles. The molecule has 1 aliphatic carbocycles.